The maximum Gasteiger partial charge on any atom is 0.198 e. The summed E-state index contributed by atoms with van der Waals surface area (Å²) in [6.45, 7) is 1.80. The van der Waals surface area contributed by atoms with Gasteiger partial charge in [0.1, 0.15) is 11.6 Å². The van der Waals surface area contributed by atoms with Gasteiger partial charge in [-0.1, -0.05) is 17.7 Å². The molecule has 3 nitrogen and oxygen atoms in total. The number of ether oxygens (including phenoxy) is 1. The van der Waals surface area contributed by atoms with Crippen LogP contribution in [0.3, 0.4) is 0 Å². The number of methoxy groups -OCH3 is 1. The summed E-state index contributed by atoms with van der Waals surface area (Å²) in [5.74, 6) is -0.602. The number of para-hydroxylation sites is 1. The number of ketones is 1. The van der Waals surface area contributed by atoms with E-state index in [4.69, 9.17) is 10.5 Å². The molecular formula is C15H14FNO2. The van der Waals surface area contributed by atoms with Crippen LogP contribution in [0.1, 0.15) is 21.5 Å². The smallest absolute Gasteiger partial charge is 0.198 e. The fourth-order valence-electron chi connectivity index (χ4n) is 1.88. The van der Waals surface area contributed by atoms with Gasteiger partial charge in [-0.3, -0.25) is 4.79 Å². The van der Waals surface area contributed by atoms with Crippen LogP contribution in [0.15, 0.2) is 36.4 Å². The third-order valence-electron chi connectivity index (χ3n) is 2.90. The first-order chi connectivity index (χ1) is 9.04. The van der Waals surface area contributed by atoms with Gasteiger partial charge in [0.15, 0.2) is 5.78 Å². The monoisotopic (exact) mass is 259 g/mol. The average Bonchev–Trinajstić information content (AvgIpc) is 2.41. The van der Waals surface area contributed by atoms with Gasteiger partial charge in [-0.05, 0) is 31.2 Å². The Balaban J connectivity index is 2.53. The SMILES string of the molecule is COc1cccc(C(=O)c2cc(C)ccc2F)c1N. The molecule has 0 radical (unpaired) electrons. The minimum atomic E-state index is -0.558. The molecule has 2 N–H and O–H groups in total. The van der Waals surface area contributed by atoms with E-state index in [9.17, 15) is 9.18 Å². The first kappa shape index (κ1) is 13.1. The number of carbonyl (C=O) groups is 1. The van der Waals surface area contributed by atoms with Crippen LogP contribution < -0.4 is 10.5 Å². The van der Waals surface area contributed by atoms with Crippen molar-refractivity contribution in [1.29, 1.82) is 0 Å². The third kappa shape index (κ3) is 2.42. The first-order valence-electron chi connectivity index (χ1n) is 5.78. The van der Waals surface area contributed by atoms with E-state index in [1.807, 2.05) is 0 Å². The molecule has 0 bridgehead atoms. The summed E-state index contributed by atoms with van der Waals surface area (Å²) in [5.41, 5.74) is 7.14. The number of nitrogen functional groups attached to an aromatic ring is 1. The summed E-state index contributed by atoms with van der Waals surface area (Å²) in [4.78, 5) is 12.3. The fraction of sp³-hybridized carbons (Fsp3) is 0.133. The number of anilines is 1. The highest BCUT2D eigenvalue weighted by Gasteiger charge is 2.18. The summed E-state index contributed by atoms with van der Waals surface area (Å²) >= 11 is 0. The summed E-state index contributed by atoms with van der Waals surface area (Å²) in [7, 11) is 1.47. The van der Waals surface area contributed by atoms with Crippen LogP contribution in [0.2, 0.25) is 0 Å². The number of hydrogen-bond donors (Lipinski definition) is 1. The highest BCUT2D eigenvalue weighted by atomic mass is 19.1. The van der Waals surface area contributed by atoms with Gasteiger partial charge in [0, 0.05) is 5.56 Å². The van der Waals surface area contributed by atoms with Crippen molar-refractivity contribution in [2.75, 3.05) is 12.8 Å². The van der Waals surface area contributed by atoms with Crippen LogP contribution in [-0.2, 0) is 0 Å². The predicted molar refractivity (Wildman–Crippen MR) is 72.0 cm³/mol. The Morgan fingerprint density at radius 1 is 1.21 bits per heavy atom. The van der Waals surface area contributed by atoms with Gasteiger partial charge in [0.25, 0.3) is 0 Å². The molecule has 0 unspecified atom stereocenters. The second-order valence-electron chi connectivity index (χ2n) is 4.23. The predicted octanol–water partition coefficient (Wildman–Crippen LogP) is 2.96. The van der Waals surface area contributed by atoms with Crippen LogP contribution in [0.25, 0.3) is 0 Å². The molecule has 0 aromatic heterocycles. The Bertz CT molecular complexity index is 638. The summed E-state index contributed by atoms with van der Waals surface area (Å²) in [6, 6.07) is 9.26. The maximum absolute atomic E-state index is 13.7. The van der Waals surface area contributed by atoms with Gasteiger partial charge >= 0.3 is 0 Å². The topological polar surface area (TPSA) is 52.3 Å². The summed E-state index contributed by atoms with van der Waals surface area (Å²) < 4.78 is 18.8. The van der Waals surface area contributed by atoms with Gasteiger partial charge in [0.05, 0.1) is 18.4 Å². The lowest BCUT2D eigenvalue weighted by molar-refractivity contribution is 0.103. The normalized spacial score (nSPS) is 10.3. The van der Waals surface area contributed by atoms with Crippen molar-refractivity contribution in [3.8, 4) is 5.75 Å². The molecule has 0 spiro atoms. The van der Waals surface area contributed by atoms with E-state index in [2.05, 4.69) is 0 Å². The number of halogens is 1. The zero-order valence-corrected chi connectivity index (χ0v) is 10.7. The number of nitrogens with two attached hydrogens (primary N) is 1. The van der Waals surface area contributed by atoms with E-state index in [0.717, 1.165) is 5.56 Å². The highest BCUT2D eigenvalue weighted by molar-refractivity contribution is 6.12. The van der Waals surface area contributed by atoms with Crippen molar-refractivity contribution in [2.45, 2.75) is 6.92 Å². The molecule has 0 aliphatic rings. The lowest BCUT2D eigenvalue weighted by Gasteiger charge is -2.10. The molecule has 0 saturated carbocycles. The zero-order valence-electron chi connectivity index (χ0n) is 10.7. The minimum absolute atomic E-state index is 0.0138. The van der Waals surface area contributed by atoms with E-state index < -0.39 is 11.6 Å². The molecule has 0 heterocycles. The number of rotatable bonds is 3. The molecule has 0 fully saturated rings. The quantitative estimate of drug-likeness (QED) is 0.681. The Kier molecular flexibility index (Phi) is 3.51. The average molecular weight is 259 g/mol. The molecule has 2 aromatic rings. The van der Waals surface area contributed by atoms with Crippen molar-refractivity contribution in [3.63, 3.8) is 0 Å². The van der Waals surface area contributed by atoms with Crippen LogP contribution in [0, 0.1) is 12.7 Å². The molecule has 0 aliphatic carbocycles. The number of hydrogen-bond acceptors (Lipinski definition) is 3. The van der Waals surface area contributed by atoms with Gasteiger partial charge in [-0.15, -0.1) is 0 Å². The number of aryl methyl sites for hydroxylation is 1. The molecule has 2 aromatic carbocycles. The molecule has 0 amide bonds. The Hall–Kier alpha value is -2.36. The van der Waals surface area contributed by atoms with Crippen molar-refractivity contribution < 1.29 is 13.9 Å². The minimum Gasteiger partial charge on any atom is -0.495 e. The molecule has 4 heteroatoms. The van der Waals surface area contributed by atoms with E-state index >= 15 is 0 Å². The molecule has 19 heavy (non-hydrogen) atoms. The number of carbonyl (C=O) groups excluding carboxylic acids is 1. The summed E-state index contributed by atoms with van der Waals surface area (Å²) in [5, 5.41) is 0. The van der Waals surface area contributed by atoms with Crippen LogP contribution in [-0.4, -0.2) is 12.9 Å². The van der Waals surface area contributed by atoms with E-state index in [1.165, 1.54) is 19.2 Å². The zero-order chi connectivity index (χ0) is 14.0. The van der Waals surface area contributed by atoms with Crippen molar-refractivity contribution in [3.05, 3.63) is 58.9 Å². The molecule has 0 saturated heterocycles. The molecule has 2 rings (SSSR count). The van der Waals surface area contributed by atoms with Gasteiger partial charge in [-0.25, -0.2) is 4.39 Å². The Morgan fingerprint density at radius 3 is 2.63 bits per heavy atom. The van der Waals surface area contributed by atoms with E-state index in [0.29, 0.717) is 5.75 Å². The molecular weight excluding hydrogens is 245 g/mol. The molecule has 0 aliphatic heterocycles. The number of benzene rings is 2. The standard InChI is InChI=1S/C15H14FNO2/c1-9-6-7-12(16)11(8-9)15(18)10-4-3-5-13(19-2)14(10)17/h3-8H,17H2,1-2H3. The first-order valence-corrected chi connectivity index (χ1v) is 5.78. The van der Waals surface area contributed by atoms with E-state index in [-0.39, 0.29) is 16.8 Å². The van der Waals surface area contributed by atoms with Gasteiger partial charge in [-0.2, -0.15) is 0 Å². The van der Waals surface area contributed by atoms with Crippen LogP contribution >= 0.6 is 0 Å². The van der Waals surface area contributed by atoms with Gasteiger partial charge in [0.2, 0.25) is 0 Å². The molecule has 98 valence electrons. The second-order valence-corrected chi connectivity index (χ2v) is 4.23. The van der Waals surface area contributed by atoms with Gasteiger partial charge < -0.3 is 10.5 Å². The largest absolute Gasteiger partial charge is 0.495 e. The maximum atomic E-state index is 13.7. The Labute approximate surface area is 110 Å². The summed E-state index contributed by atoms with van der Waals surface area (Å²) in [6.07, 6.45) is 0. The van der Waals surface area contributed by atoms with Crippen molar-refractivity contribution in [1.82, 2.24) is 0 Å². The molecule has 0 atom stereocenters. The highest BCUT2D eigenvalue weighted by Crippen LogP contribution is 2.27. The fourth-order valence-corrected chi connectivity index (χ4v) is 1.88. The van der Waals surface area contributed by atoms with Crippen LogP contribution in [0.4, 0.5) is 10.1 Å². The van der Waals surface area contributed by atoms with E-state index in [1.54, 1.807) is 31.2 Å². The van der Waals surface area contributed by atoms with Crippen LogP contribution in [0.5, 0.6) is 5.75 Å². The second kappa shape index (κ2) is 5.10. The van der Waals surface area contributed by atoms with Crippen molar-refractivity contribution >= 4 is 11.5 Å². The van der Waals surface area contributed by atoms with Crippen molar-refractivity contribution in [2.24, 2.45) is 0 Å². The lowest BCUT2D eigenvalue weighted by atomic mass is 9.99. The lowest BCUT2D eigenvalue weighted by Crippen LogP contribution is -2.08. The Morgan fingerprint density at radius 2 is 1.95 bits per heavy atom. The third-order valence-corrected chi connectivity index (χ3v) is 2.90.